The molecule has 2 aromatic rings. The van der Waals surface area contributed by atoms with E-state index in [1.807, 2.05) is 31.4 Å². The van der Waals surface area contributed by atoms with Gasteiger partial charge in [-0.25, -0.2) is 4.98 Å². The van der Waals surface area contributed by atoms with Gasteiger partial charge < -0.3 is 0 Å². The summed E-state index contributed by atoms with van der Waals surface area (Å²) in [5.74, 6) is -0.0266. The molecule has 0 atom stereocenters. The highest BCUT2D eigenvalue weighted by Gasteiger charge is 2.17. The van der Waals surface area contributed by atoms with Gasteiger partial charge in [0, 0.05) is 21.8 Å². The SMILES string of the molecule is Cc1nc(-n2c(C)cc(C(=O)CCl)c2C)sc1C. The van der Waals surface area contributed by atoms with Gasteiger partial charge in [-0.2, -0.15) is 0 Å². The number of halogens is 1. The van der Waals surface area contributed by atoms with Crippen molar-refractivity contribution in [3.8, 4) is 5.13 Å². The zero-order valence-corrected chi connectivity index (χ0v) is 12.4. The topological polar surface area (TPSA) is 34.9 Å². The van der Waals surface area contributed by atoms with E-state index in [1.54, 1.807) is 11.3 Å². The zero-order valence-electron chi connectivity index (χ0n) is 10.9. The van der Waals surface area contributed by atoms with Gasteiger partial charge in [0.25, 0.3) is 0 Å². The van der Waals surface area contributed by atoms with Crippen LogP contribution in [-0.2, 0) is 0 Å². The van der Waals surface area contributed by atoms with Gasteiger partial charge in [0.05, 0.1) is 11.6 Å². The Labute approximate surface area is 115 Å². The number of Topliss-reactive ketones (excluding diaryl/α,β-unsaturated/α-hetero) is 1. The first-order valence-electron chi connectivity index (χ1n) is 5.68. The maximum Gasteiger partial charge on any atom is 0.194 e. The molecule has 2 aromatic heterocycles. The summed E-state index contributed by atoms with van der Waals surface area (Å²) >= 11 is 7.26. The average molecular weight is 283 g/mol. The second-order valence-corrected chi connectivity index (χ2v) is 5.76. The van der Waals surface area contributed by atoms with Crippen molar-refractivity contribution in [2.75, 3.05) is 5.88 Å². The van der Waals surface area contributed by atoms with Crippen LogP contribution in [-0.4, -0.2) is 21.2 Å². The normalized spacial score (nSPS) is 10.9. The van der Waals surface area contributed by atoms with Crippen LogP contribution in [0.25, 0.3) is 5.13 Å². The van der Waals surface area contributed by atoms with Crippen LogP contribution in [0.5, 0.6) is 0 Å². The van der Waals surface area contributed by atoms with Crippen LogP contribution in [0, 0.1) is 27.7 Å². The van der Waals surface area contributed by atoms with Crippen LogP contribution >= 0.6 is 22.9 Å². The Kier molecular flexibility index (Phi) is 3.59. The Hall–Kier alpha value is -1.13. The summed E-state index contributed by atoms with van der Waals surface area (Å²) < 4.78 is 2.02. The summed E-state index contributed by atoms with van der Waals surface area (Å²) in [6.07, 6.45) is 0. The van der Waals surface area contributed by atoms with Crippen LogP contribution < -0.4 is 0 Å². The molecule has 2 rings (SSSR count). The van der Waals surface area contributed by atoms with Gasteiger partial charge in [-0.15, -0.1) is 22.9 Å². The van der Waals surface area contributed by atoms with Crippen LogP contribution in [0.2, 0.25) is 0 Å². The molecule has 0 saturated heterocycles. The van der Waals surface area contributed by atoms with E-state index in [-0.39, 0.29) is 11.7 Å². The Morgan fingerprint density at radius 1 is 1.39 bits per heavy atom. The number of alkyl halides is 1. The van der Waals surface area contributed by atoms with Crippen molar-refractivity contribution < 1.29 is 4.79 Å². The molecule has 0 aliphatic heterocycles. The molecule has 0 fully saturated rings. The number of carbonyl (C=O) groups is 1. The molecule has 3 nitrogen and oxygen atoms in total. The minimum Gasteiger partial charge on any atom is -0.294 e. The van der Waals surface area contributed by atoms with E-state index in [2.05, 4.69) is 11.9 Å². The zero-order chi connectivity index (χ0) is 13.4. The molecule has 2 heterocycles. The molecule has 0 N–H and O–H groups in total. The van der Waals surface area contributed by atoms with E-state index in [1.165, 1.54) is 4.88 Å². The fraction of sp³-hybridized carbons (Fsp3) is 0.385. The molecule has 0 saturated carbocycles. The lowest BCUT2D eigenvalue weighted by Gasteiger charge is -2.04. The number of hydrogen-bond donors (Lipinski definition) is 0. The third-order valence-corrected chi connectivity index (χ3v) is 4.36. The summed E-state index contributed by atoms with van der Waals surface area (Å²) in [6, 6.07) is 1.88. The van der Waals surface area contributed by atoms with Gasteiger partial charge in [0.2, 0.25) is 0 Å². The molecule has 0 aliphatic carbocycles. The predicted molar refractivity (Wildman–Crippen MR) is 75.4 cm³/mol. The first-order chi connectivity index (χ1) is 8.45. The Morgan fingerprint density at radius 2 is 2.06 bits per heavy atom. The largest absolute Gasteiger partial charge is 0.294 e. The molecule has 96 valence electrons. The van der Waals surface area contributed by atoms with E-state index in [4.69, 9.17) is 11.6 Å². The molecule has 0 amide bonds. The molecular formula is C13H15ClN2OS. The van der Waals surface area contributed by atoms with E-state index in [0.717, 1.165) is 22.2 Å². The number of thiazole rings is 1. The smallest absolute Gasteiger partial charge is 0.194 e. The Balaban J connectivity index is 2.58. The average Bonchev–Trinajstić information content (AvgIpc) is 2.79. The number of rotatable bonds is 3. The van der Waals surface area contributed by atoms with Gasteiger partial charge in [-0.05, 0) is 33.8 Å². The summed E-state index contributed by atoms with van der Waals surface area (Å²) in [6.45, 7) is 7.95. The van der Waals surface area contributed by atoms with Crippen molar-refractivity contribution in [2.24, 2.45) is 0 Å². The lowest BCUT2D eigenvalue weighted by Crippen LogP contribution is -2.04. The van der Waals surface area contributed by atoms with Crippen molar-refractivity contribution in [3.05, 3.63) is 33.6 Å². The highest BCUT2D eigenvalue weighted by atomic mass is 35.5. The van der Waals surface area contributed by atoms with Crippen molar-refractivity contribution >= 4 is 28.7 Å². The van der Waals surface area contributed by atoms with Gasteiger partial charge in [0.15, 0.2) is 10.9 Å². The molecule has 5 heteroatoms. The second kappa shape index (κ2) is 4.86. The third-order valence-electron chi connectivity index (χ3n) is 3.06. The van der Waals surface area contributed by atoms with Gasteiger partial charge >= 0.3 is 0 Å². The van der Waals surface area contributed by atoms with E-state index < -0.39 is 0 Å². The monoisotopic (exact) mass is 282 g/mol. The minimum absolute atomic E-state index is 0.0141. The first-order valence-corrected chi connectivity index (χ1v) is 7.03. The summed E-state index contributed by atoms with van der Waals surface area (Å²) in [5, 5.41) is 0.911. The fourth-order valence-electron chi connectivity index (χ4n) is 1.96. The Morgan fingerprint density at radius 3 is 2.56 bits per heavy atom. The van der Waals surface area contributed by atoms with Crippen LogP contribution in [0.4, 0.5) is 0 Å². The summed E-state index contributed by atoms with van der Waals surface area (Å²) in [7, 11) is 0. The second-order valence-electron chi connectivity index (χ2n) is 4.32. The molecule has 0 aromatic carbocycles. The van der Waals surface area contributed by atoms with Crippen molar-refractivity contribution in [3.63, 3.8) is 0 Å². The number of ketones is 1. The van der Waals surface area contributed by atoms with Gasteiger partial charge in [-0.1, -0.05) is 0 Å². The molecule has 0 unspecified atom stereocenters. The maximum atomic E-state index is 11.7. The quantitative estimate of drug-likeness (QED) is 0.637. The van der Waals surface area contributed by atoms with E-state index >= 15 is 0 Å². The van der Waals surface area contributed by atoms with E-state index in [9.17, 15) is 4.79 Å². The summed E-state index contributed by atoms with van der Waals surface area (Å²) in [5.41, 5.74) is 3.64. The van der Waals surface area contributed by atoms with Crippen LogP contribution in [0.3, 0.4) is 0 Å². The van der Waals surface area contributed by atoms with Crippen molar-refractivity contribution in [1.82, 2.24) is 9.55 Å². The van der Waals surface area contributed by atoms with Crippen LogP contribution in [0.15, 0.2) is 6.07 Å². The van der Waals surface area contributed by atoms with Crippen molar-refractivity contribution in [1.29, 1.82) is 0 Å². The molecule has 0 bridgehead atoms. The third kappa shape index (κ3) is 2.10. The number of aromatic nitrogens is 2. The number of carbonyl (C=O) groups excluding carboxylic acids is 1. The predicted octanol–water partition coefficient (Wildman–Crippen LogP) is 3.59. The molecule has 18 heavy (non-hydrogen) atoms. The number of aryl methyl sites for hydroxylation is 3. The lowest BCUT2D eigenvalue weighted by molar-refractivity contribution is 0.102. The molecule has 0 aliphatic rings. The highest BCUT2D eigenvalue weighted by Crippen LogP contribution is 2.26. The van der Waals surface area contributed by atoms with Crippen molar-refractivity contribution in [2.45, 2.75) is 27.7 Å². The maximum absolute atomic E-state index is 11.7. The number of nitrogens with zero attached hydrogens (tertiary/aromatic N) is 2. The highest BCUT2D eigenvalue weighted by molar-refractivity contribution is 7.14. The van der Waals surface area contributed by atoms with Crippen LogP contribution in [0.1, 0.15) is 32.3 Å². The standard InChI is InChI=1S/C13H15ClN2OS/c1-7-5-11(12(17)6-14)9(3)16(7)13-15-8(2)10(4)18-13/h5H,6H2,1-4H3. The van der Waals surface area contributed by atoms with Gasteiger partial charge in [-0.3, -0.25) is 9.36 Å². The Bertz CT molecular complexity index is 593. The fourth-order valence-corrected chi connectivity index (χ4v) is 3.13. The minimum atomic E-state index is -0.0407. The molecule has 0 radical (unpaired) electrons. The van der Waals surface area contributed by atoms with Gasteiger partial charge in [0.1, 0.15) is 0 Å². The lowest BCUT2D eigenvalue weighted by atomic mass is 10.2. The molecular weight excluding hydrogens is 268 g/mol. The van der Waals surface area contributed by atoms with E-state index in [0.29, 0.717) is 5.56 Å². The molecule has 0 spiro atoms. The number of hydrogen-bond acceptors (Lipinski definition) is 3. The summed E-state index contributed by atoms with van der Waals surface area (Å²) in [4.78, 5) is 17.5. The first kappa shape index (κ1) is 13.3.